The number of benzene rings is 1. The second-order valence-corrected chi connectivity index (χ2v) is 9.51. The summed E-state index contributed by atoms with van der Waals surface area (Å²) < 4.78 is 5.47. The van der Waals surface area contributed by atoms with Gasteiger partial charge in [-0.05, 0) is 35.6 Å². The number of Topliss-reactive ketones (excluding diaryl/α,β-unsaturated/α-hetero) is 1. The fourth-order valence-corrected chi connectivity index (χ4v) is 4.73. The van der Waals surface area contributed by atoms with Gasteiger partial charge in [0.15, 0.2) is 11.6 Å². The minimum atomic E-state index is -0.172. The number of nitrogens with two attached hydrogens (primary N) is 1. The van der Waals surface area contributed by atoms with Crippen molar-refractivity contribution in [2.45, 2.75) is 32.1 Å². The number of nitrogen functional groups attached to an aromatic ring is 1. The Morgan fingerprint density at radius 1 is 1.21 bits per heavy atom. The van der Waals surface area contributed by atoms with E-state index in [-0.39, 0.29) is 29.1 Å². The number of nitrogens with zero attached hydrogens (tertiary/aromatic N) is 4. The molecule has 2 aliphatic heterocycles. The number of nitrogens with one attached hydrogen (secondary N) is 1. The average molecular weight is 459 g/mol. The third-order valence-electron chi connectivity index (χ3n) is 6.76. The number of ketones is 1. The highest BCUT2D eigenvalue weighted by molar-refractivity contribution is 6.00. The Balaban J connectivity index is 1.44. The van der Waals surface area contributed by atoms with Crippen LogP contribution in [0.15, 0.2) is 42.9 Å². The van der Waals surface area contributed by atoms with E-state index in [1.165, 1.54) is 5.56 Å². The molecule has 0 atom stereocenters. The van der Waals surface area contributed by atoms with Crippen LogP contribution in [0, 0.1) is 0 Å². The first-order valence-corrected chi connectivity index (χ1v) is 11.7. The summed E-state index contributed by atoms with van der Waals surface area (Å²) in [6.45, 7) is 8.37. The van der Waals surface area contributed by atoms with Gasteiger partial charge in [-0.15, -0.1) is 0 Å². The number of hydrogen-bond donors (Lipinski definition) is 2. The molecule has 3 aromatic rings. The number of pyridine rings is 1. The summed E-state index contributed by atoms with van der Waals surface area (Å²) in [5.41, 5.74) is 12.2. The highest BCUT2D eigenvalue weighted by atomic mass is 16.5. The fraction of sp³-hybridized carbons (Fsp3) is 0.385. The van der Waals surface area contributed by atoms with Gasteiger partial charge in [-0.25, -0.2) is 9.97 Å². The number of aromatic nitrogens is 3. The molecule has 0 radical (unpaired) electrons. The van der Waals surface area contributed by atoms with Gasteiger partial charge in [-0.2, -0.15) is 0 Å². The number of carbonyl (C=O) groups is 1. The zero-order chi connectivity index (χ0) is 23.7. The molecule has 0 spiro atoms. The van der Waals surface area contributed by atoms with Gasteiger partial charge in [-0.3, -0.25) is 9.78 Å². The van der Waals surface area contributed by atoms with Crippen LogP contribution in [0.1, 0.15) is 41.9 Å². The Morgan fingerprint density at radius 3 is 2.85 bits per heavy atom. The van der Waals surface area contributed by atoms with Crippen LogP contribution in [0.5, 0.6) is 0 Å². The Morgan fingerprint density at radius 2 is 2.03 bits per heavy atom. The van der Waals surface area contributed by atoms with Gasteiger partial charge in [-0.1, -0.05) is 19.9 Å². The van der Waals surface area contributed by atoms with Gasteiger partial charge in [0.2, 0.25) is 0 Å². The fourth-order valence-electron chi connectivity index (χ4n) is 4.73. The maximum absolute atomic E-state index is 13.3. The first kappa shape index (κ1) is 22.3. The summed E-state index contributed by atoms with van der Waals surface area (Å²) in [5, 5.41) is 3.47. The molecule has 0 bridgehead atoms. The highest BCUT2D eigenvalue weighted by Crippen LogP contribution is 2.38. The predicted octanol–water partition coefficient (Wildman–Crippen LogP) is 3.48. The lowest BCUT2D eigenvalue weighted by Crippen LogP contribution is -2.37. The van der Waals surface area contributed by atoms with Crippen LogP contribution in [0.2, 0.25) is 0 Å². The zero-order valence-corrected chi connectivity index (χ0v) is 19.7. The van der Waals surface area contributed by atoms with Crippen LogP contribution in [0.25, 0.3) is 11.3 Å². The van der Waals surface area contributed by atoms with E-state index in [0.717, 1.165) is 48.6 Å². The quantitative estimate of drug-likeness (QED) is 0.560. The van der Waals surface area contributed by atoms with E-state index in [1.807, 2.05) is 12.1 Å². The van der Waals surface area contributed by atoms with E-state index in [4.69, 9.17) is 10.5 Å². The van der Waals surface area contributed by atoms with Gasteiger partial charge < -0.3 is 20.7 Å². The van der Waals surface area contributed by atoms with E-state index in [0.29, 0.717) is 18.9 Å². The Kier molecular flexibility index (Phi) is 5.91. The van der Waals surface area contributed by atoms with Gasteiger partial charge in [0.25, 0.3) is 0 Å². The van der Waals surface area contributed by atoms with Crippen LogP contribution >= 0.6 is 0 Å². The summed E-state index contributed by atoms with van der Waals surface area (Å²) in [4.78, 5) is 28.8. The molecule has 0 aliphatic carbocycles. The summed E-state index contributed by atoms with van der Waals surface area (Å²) in [7, 11) is 0. The lowest BCUT2D eigenvalue weighted by atomic mass is 9.77. The summed E-state index contributed by atoms with van der Waals surface area (Å²) in [5.74, 6) is -0.0279. The highest BCUT2D eigenvalue weighted by Gasteiger charge is 2.28. The number of carbonyl (C=O) groups excluding carboxylic acids is 1. The minimum Gasteiger partial charge on any atom is -0.385 e. The van der Waals surface area contributed by atoms with Crippen molar-refractivity contribution in [3.63, 3.8) is 0 Å². The number of anilines is 3. The lowest BCUT2D eigenvalue weighted by molar-refractivity contribution is 0.0988. The molecule has 176 valence electrons. The Bertz CT molecular complexity index is 1220. The minimum absolute atomic E-state index is 0.0622. The van der Waals surface area contributed by atoms with Crippen LogP contribution in [-0.2, 0) is 16.6 Å². The van der Waals surface area contributed by atoms with E-state index >= 15 is 0 Å². The molecule has 5 rings (SSSR count). The molecule has 0 amide bonds. The summed E-state index contributed by atoms with van der Waals surface area (Å²) >= 11 is 0. The van der Waals surface area contributed by atoms with Crippen molar-refractivity contribution in [1.29, 1.82) is 0 Å². The average Bonchev–Trinajstić information content (AvgIpc) is 2.85. The molecule has 1 fully saturated rings. The molecule has 3 N–H and O–H groups in total. The van der Waals surface area contributed by atoms with Crippen LogP contribution in [0.4, 0.5) is 17.2 Å². The van der Waals surface area contributed by atoms with Crippen molar-refractivity contribution in [3.8, 4) is 11.3 Å². The van der Waals surface area contributed by atoms with Crippen LogP contribution in [-0.4, -0.2) is 53.6 Å². The maximum Gasteiger partial charge on any atom is 0.189 e. The number of ether oxygens (including phenoxy) is 1. The van der Waals surface area contributed by atoms with Crippen molar-refractivity contribution in [1.82, 2.24) is 15.0 Å². The van der Waals surface area contributed by atoms with Crippen molar-refractivity contribution in [2.24, 2.45) is 0 Å². The molecule has 4 heterocycles. The van der Waals surface area contributed by atoms with E-state index in [2.05, 4.69) is 51.1 Å². The monoisotopic (exact) mass is 458 g/mol. The standard InChI is InChI=1S/C26H30N6O2/c1-26(2)6-8-29-20-4-3-17(13-19(20)26)21-16-30-25(27)24(31-21)23(33)14-18-15-28-7-5-22(18)32-9-11-34-12-10-32/h3-5,7,13,15-16,29H,6,8-12,14H2,1-2H3,(H2,27,30). The molecule has 34 heavy (non-hydrogen) atoms. The Hall–Kier alpha value is -3.52. The van der Waals surface area contributed by atoms with Gasteiger partial charge in [0, 0.05) is 61.0 Å². The van der Waals surface area contributed by atoms with Crippen molar-refractivity contribution in [3.05, 3.63) is 59.7 Å². The smallest absolute Gasteiger partial charge is 0.189 e. The van der Waals surface area contributed by atoms with E-state index in [1.54, 1.807) is 18.6 Å². The molecule has 1 saturated heterocycles. The normalized spacial score (nSPS) is 17.1. The predicted molar refractivity (Wildman–Crippen MR) is 133 cm³/mol. The van der Waals surface area contributed by atoms with Gasteiger partial charge in [0.1, 0.15) is 5.69 Å². The largest absolute Gasteiger partial charge is 0.385 e. The summed E-state index contributed by atoms with van der Waals surface area (Å²) in [6, 6.07) is 8.19. The number of fused-ring (bicyclic) bond motifs is 1. The van der Waals surface area contributed by atoms with Gasteiger partial charge in [0.05, 0.1) is 25.1 Å². The molecule has 0 unspecified atom stereocenters. The SMILES string of the molecule is CC1(C)CCNc2ccc(-c3cnc(N)c(C(=O)Cc4cnccc4N4CCOCC4)n3)cc21. The second-order valence-electron chi connectivity index (χ2n) is 9.51. The number of morpholine rings is 1. The molecule has 2 aliphatic rings. The topological polar surface area (TPSA) is 106 Å². The van der Waals surface area contributed by atoms with Crippen molar-refractivity contribution in [2.75, 3.05) is 48.8 Å². The molecular weight excluding hydrogens is 428 g/mol. The molecule has 2 aromatic heterocycles. The molecule has 8 nitrogen and oxygen atoms in total. The maximum atomic E-state index is 13.3. The zero-order valence-electron chi connectivity index (χ0n) is 19.7. The van der Waals surface area contributed by atoms with E-state index in [9.17, 15) is 4.79 Å². The first-order chi connectivity index (χ1) is 16.4. The van der Waals surface area contributed by atoms with Crippen LogP contribution < -0.4 is 16.0 Å². The third-order valence-corrected chi connectivity index (χ3v) is 6.76. The number of hydrogen-bond acceptors (Lipinski definition) is 8. The molecule has 8 heteroatoms. The van der Waals surface area contributed by atoms with Crippen LogP contribution in [0.3, 0.4) is 0 Å². The van der Waals surface area contributed by atoms with Crippen molar-refractivity contribution < 1.29 is 9.53 Å². The molecule has 1 aromatic carbocycles. The first-order valence-electron chi connectivity index (χ1n) is 11.7. The molecular formula is C26H30N6O2. The van der Waals surface area contributed by atoms with Crippen molar-refractivity contribution >= 4 is 23.0 Å². The molecule has 0 saturated carbocycles. The number of rotatable bonds is 5. The third kappa shape index (κ3) is 4.33. The van der Waals surface area contributed by atoms with Gasteiger partial charge >= 0.3 is 0 Å². The Labute approximate surface area is 199 Å². The summed E-state index contributed by atoms with van der Waals surface area (Å²) in [6.07, 6.45) is 6.34. The van der Waals surface area contributed by atoms with E-state index < -0.39 is 0 Å². The lowest BCUT2D eigenvalue weighted by Gasteiger charge is -2.33. The second kappa shape index (κ2) is 9.02.